The van der Waals surface area contributed by atoms with Crippen LogP contribution in [0.3, 0.4) is 0 Å². The van der Waals surface area contributed by atoms with Crippen LogP contribution >= 0.6 is 0 Å². The minimum atomic E-state index is -0.526. The Kier molecular flexibility index (Phi) is 4.00. The van der Waals surface area contributed by atoms with Crippen LogP contribution in [0.1, 0.15) is 5.56 Å². The molecule has 18 heavy (non-hydrogen) atoms. The van der Waals surface area contributed by atoms with Gasteiger partial charge >= 0.3 is 0 Å². The van der Waals surface area contributed by atoms with Gasteiger partial charge in [-0.25, -0.2) is 0 Å². The molecule has 0 aliphatic carbocycles. The van der Waals surface area contributed by atoms with Crippen LogP contribution in [-0.2, 0) is 16.2 Å². The van der Waals surface area contributed by atoms with Crippen molar-refractivity contribution in [3.63, 3.8) is 0 Å². The molecule has 0 radical (unpaired) electrons. The van der Waals surface area contributed by atoms with Crippen molar-refractivity contribution in [1.29, 1.82) is 0 Å². The van der Waals surface area contributed by atoms with Gasteiger partial charge in [0.05, 0.1) is 11.9 Å². The van der Waals surface area contributed by atoms with E-state index in [1.165, 1.54) is 0 Å². The van der Waals surface area contributed by atoms with Gasteiger partial charge in [-0.15, -0.1) is 0 Å². The standard InChI is InChI=1S/C11H13N5O2/c12-10(17)7-18-15-6-9-5-14-16-11(9)8-2-1-3-13-4-8/h1-5,15H,6-7H2,(H2,12,17)(H,14,16). The summed E-state index contributed by atoms with van der Waals surface area (Å²) < 4.78 is 0. The fraction of sp³-hybridized carbons (Fsp3) is 0.182. The maximum atomic E-state index is 10.5. The molecule has 7 nitrogen and oxygen atoms in total. The van der Waals surface area contributed by atoms with E-state index in [1.54, 1.807) is 18.6 Å². The Bertz CT molecular complexity index is 511. The predicted molar refractivity (Wildman–Crippen MR) is 63.8 cm³/mol. The molecule has 0 aliphatic heterocycles. The normalized spacial score (nSPS) is 10.4. The van der Waals surface area contributed by atoms with Gasteiger partial charge in [0.2, 0.25) is 5.91 Å². The highest BCUT2D eigenvalue weighted by atomic mass is 16.6. The maximum Gasteiger partial charge on any atom is 0.245 e. The van der Waals surface area contributed by atoms with Crippen molar-refractivity contribution in [3.8, 4) is 11.3 Å². The number of hydrogen-bond donors (Lipinski definition) is 3. The third-order valence-corrected chi connectivity index (χ3v) is 2.25. The lowest BCUT2D eigenvalue weighted by Crippen LogP contribution is -2.24. The van der Waals surface area contributed by atoms with Crippen molar-refractivity contribution in [2.75, 3.05) is 6.61 Å². The summed E-state index contributed by atoms with van der Waals surface area (Å²) in [4.78, 5) is 19.4. The minimum Gasteiger partial charge on any atom is -0.368 e. The largest absolute Gasteiger partial charge is 0.368 e. The quantitative estimate of drug-likeness (QED) is 0.491. The fourth-order valence-corrected chi connectivity index (χ4v) is 1.46. The summed E-state index contributed by atoms with van der Waals surface area (Å²) in [5.41, 5.74) is 10.3. The highest BCUT2D eigenvalue weighted by Gasteiger charge is 2.07. The molecule has 0 spiro atoms. The van der Waals surface area contributed by atoms with Crippen LogP contribution in [-0.4, -0.2) is 27.7 Å². The number of primary amides is 1. The first-order valence-corrected chi connectivity index (χ1v) is 5.33. The zero-order chi connectivity index (χ0) is 12.8. The number of aromatic nitrogens is 3. The van der Waals surface area contributed by atoms with E-state index in [0.29, 0.717) is 6.54 Å². The molecule has 7 heteroatoms. The Hall–Kier alpha value is -2.25. The molecule has 0 saturated carbocycles. The van der Waals surface area contributed by atoms with Crippen LogP contribution in [0.2, 0.25) is 0 Å². The number of hydroxylamine groups is 1. The number of nitrogens with one attached hydrogen (secondary N) is 2. The molecule has 0 aliphatic rings. The molecular weight excluding hydrogens is 234 g/mol. The molecule has 1 amide bonds. The van der Waals surface area contributed by atoms with Crippen molar-refractivity contribution in [3.05, 3.63) is 36.3 Å². The van der Waals surface area contributed by atoms with Gasteiger partial charge in [0.15, 0.2) is 0 Å². The van der Waals surface area contributed by atoms with E-state index >= 15 is 0 Å². The Labute approximate surface area is 103 Å². The number of nitrogens with zero attached hydrogens (tertiary/aromatic N) is 2. The third kappa shape index (κ3) is 3.12. The van der Waals surface area contributed by atoms with E-state index in [2.05, 4.69) is 20.7 Å². The van der Waals surface area contributed by atoms with Gasteiger partial charge in [0.25, 0.3) is 0 Å². The van der Waals surface area contributed by atoms with Gasteiger partial charge in [-0.3, -0.25) is 19.7 Å². The smallest absolute Gasteiger partial charge is 0.245 e. The Morgan fingerprint density at radius 1 is 1.50 bits per heavy atom. The van der Waals surface area contributed by atoms with Crippen LogP contribution in [0.25, 0.3) is 11.3 Å². The number of H-pyrrole nitrogens is 1. The molecule has 0 fully saturated rings. The summed E-state index contributed by atoms with van der Waals surface area (Å²) >= 11 is 0. The van der Waals surface area contributed by atoms with E-state index < -0.39 is 5.91 Å². The van der Waals surface area contributed by atoms with E-state index in [4.69, 9.17) is 10.6 Å². The molecule has 4 N–H and O–H groups in total. The molecule has 94 valence electrons. The zero-order valence-corrected chi connectivity index (χ0v) is 9.59. The van der Waals surface area contributed by atoms with Gasteiger partial charge in [-0.1, -0.05) is 0 Å². The van der Waals surface area contributed by atoms with Gasteiger partial charge in [-0.2, -0.15) is 10.6 Å². The van der Waals surface area contributed by atoms with Crippen LogP contribution in [0.15, 0.2) is 30.7 Å². The number of aromatic amines is 1. The molecule has 0 bridgehead atoms. The Morgan fingerprint density at radius 2 is 2.39 bits per heavy atom. The lowest BCUT2D eigenvalue weighted by Gasteiger charge is -2.04. The lowest BCUT2D eigenvalue weighted by molar-refractivity contribution is -0.125. The number of rotatable bonds is 6. The van der Waals surface area contributed by atoms with Gasteiger partial charge in [0, 0.05) is 30.1 Å². The summed E-state index contributed by atoms with van der Waals surface area (Å²) in [5.74, 6) is -0.526. The number of pyridine rings is 1. The second kappa shape index (κ2) is 5.89. The first-order chi connectivity index (χ1) is 8.77. The van der Waals surface area contributed by atoms with E-state index in [9.17, 15) is 4.79 Å². The lowest BCUT2D eigenvalue weighted by atomic mass is 10.1. The van der Waals surface area contributed by atoms with E-state index in [1.807, 2.05) is 12.1 Å². The predicted octanol–water partition coefficient (Wildman–Crippen LogP) is -0.0218. The second-order valence-electron chi connectivity index (χ2n) is 3.59. The Balaban J connectivity index is 1.98. The van der Waals surface area contributed by atoms with E-state index in [0.717, 1.165) is 16.8 Å². The topological polar surface area (TPSA) is 106 Å². The van der Waals surface area contributed by atoms with Gasteiger partial charge in [-0.05, 0) is 12.1 Å². The molecule has 0 aromatic carbocycles. The van der Waals surface area contributed by atoms with Crippen LogP contribution < -0.4 is 11.2 Å². The van der Waals surface area contributed by atoms with Gasteiger partial charge < -0.3 is 5.73 Å². The Morgan fingerprint density at radius 3 is 3.11 bits per heavy atom. The second-order valence-corrected chi connectivity index (χ2v) is 3.59. The molecule has 0 unspecified atom stereocenters. The zero-order valence-electron chi connectivity index (χ0n) is 9.59. The first-order valence-electron chi connectivity index (χ1n) is 5.33. The van der Waals surface area contributed by atoms with Crippen LogP contribution in [0.5, 0.6) is 0 Å². The average Bonchev–Trinajstić information content (AvgIpc) is 2.84. The molecule has 2 rings (SSSR count). The van der Waals surface area contributed by atoms with E-state index in [-0.39, 0.29) is 6.61 Å². The highest BCUT2D eigenvalue weighted by Crippen LogP contribution is 2.19. The number of carbonyl (C=O) groups is 1. The summed E-state index contributed by atoms with van der Waals surface area (Å²) in [6.07, 6.45) is 5.12. The first kappa shape index (κ1) is 12.2. The van der Waals surface area contributed by atoms with Crippen molar-refractivity contribution in [2.45, 2.75) is 6.54 Å². The summed E-state index contributed by atoms with van der Waals surface area (Å²) in [6, 6.07) is 3.77. The van der Waals surface area contributed by atoms with Crippen LogP contribution in [0.4, 0.5) is 0 Å². The van der Waals surface area contributed by atoms with Gasteiger partial charge in [0.1, 0.15) is 6.61 Å². The summed E-state index contributed by atoms with van der Waals surface area (Å²) in [5, 5.41) is 6.87. The molecule has 2 heterocycles. The fourth-order valence-electron chi connectivity index (χ4n) is 1.46. The SMILES string of the molecule is NC(=O)CONCc1cn[nH]c1-c1cccnc1. The minimum absolute atomic E-state index is 0.167. The molecule has 2 aromatic heterocycles. The number of carbonyl (C=O) groups excluding carboxylic acids is 1. The molecule has 0 atom stereocenters. The van der Waals surface area contributed by atoms with Crippen molar-refractivity contribution in [2.24, 2.45) is 5.73 Å². The van der Waals surface area contributed by atoms with Crippen molar-refractivity contribution in [1.82, 2.24) is 20.7 Å². The average molecular weight is 247 g/mol. The number of nitrogens with two attached hydrogens (primary N) is 1. The molecular formula is C11H13N5O2. The highest BCUT2D eigenvalue weighted by molar-refractivity contribution is 5.74. The monoisotopic (exact) mass is 247 g/mol. The van der Waals surface area contributed by atoms with Crippen molar-refractivity contribution >= 4 is 5.91 Å². The van der Waals surface area contributed by atoms with Crippen molar-refractivity contribution < 1.29 is 9.63 Å². The summed E-state index contributed by atoms with van der Waals surface area (Å²) in [7, 11) is 0. The summed E-state index contributed by atoms with van der Waals surface area (Å²) in [6.45, 7) is 0.244. The number of hydrogen-bond acceptors (Lipinski definition) is 5. The number of amides is 1. The maximum absolute atomic E-state index is 10.5. The third-order valence-electron chi connectivity index (χ3n) is 2.25. The molecule has 2 aromatic rings. The van der Waals surface area contributed by atoms with Crippen LogP contribution in [0, 0.1) is 0 Å². The molecule has 0 saturated heterocycles.